The van der Waals surface area contributed by atoms with Crippen molar-refractivity contribution in [1.29, 1.82) is 0 Å². The minimum absolute atomic E-state index is 0.179. The number of benzene rings is 4. The molecule has 0 radical (unpaired) electrons. The fraction of sp³-hybridized carbons (Fsp3) is 0.0370. The highest BCUT2D eigenvalue weighted by atomic mass is 16.6. The highest BCUT2D eigenvalue weighted by Crippen LogP contribution is 2.24. The first-order chi connectivity index (χ1) is 17.1. The van der Waals surface area contributed by atoms with Crippen LogP contribution in [0.1, 0.15) is 0 Å². The molecule has 0 fully saturated rings. The summed E-state index contributed by atoms with van der Waals surface area (Å²) in [4.78, 5) is 23.9. The van der Waals surface area contributed by atoms with E-state index in [1.807, 2.05) is 60.7 Å². The summed E-state index contributed by atoms with van der Waals surface area (Å²) in [5, 5.41) is 4.83. The molecular formula is C27H22N2O6. The molecule has 2 N–H and O–H groups in total. The maximum Gasteiger partial charge on any atom is 0.413 e. The van der Waals surface area contributed by atoms with E-state index in [0.717, 1.165) is 0 Å². The van der Waals surface area contributed by atoms with Gasteiger partial charge in [-0.05, 0) is 72.8 Å². The van der Waals surface area contributed by atoms with Crippen LogP contribution in [0.2, 0.25) is 0 Å². The molecule has 0 unspecified atom stereocenters. The smallest absolute Gasteiger partial charge is 0.413 e. The van der Waals surface area contributed by atoms with E-state index < -0.39 is 12.2 Å². The Balaban J connectivity index is 1.16. The molecule has 0 heterocycles. The first-order valence-electron chi connectivity index (χ1n) is 10.7. The molecule has 2 amide bonds. The zero-order valence-corrected chi connectivity index (χ0v) is 18.5. The molecule has 176 valence electrons. The van der Waals surface area contributed by atoms with Gasteiger partial charge in [-0.25, -0.2) is 9.59 Å². The van der Waals surface area contributed by atoms with Crippen LogP contribution in [0.15, 0.2) is 109 Å². The Hall–Kier alpha value is -4.98. The first-order valence-corrected chi connectivity index (χ1v) is 10.7. The Morgan fingerprint density at radius 2 is 0.771 bits per heavy atom. The molecule has 0 saturated carbocycles. The van der Waals surface area contributed by atoms with E-state index in [1.165, 1.54) is 0 Å². The first kappa shape index (κ1) is 23.2. The lowest BCUT2D eigenvalue weighted by Crippen LogP contribution is -2.39. The number of ether oxygens (including phenoxy) is 4. The van der Waals surface area contributed by atoms with Crippen LogP contribution in [0, 0.1) is 0 Å². The molecule has 0 aliphatic heterocycles. The van der Waals surface area contributed by atoms with Gasteiger partial charge in [0, 0.05) is 0 Å². The third-order valence-electron chi connectivity index (χ3n) is 4.49. The standard InChI is InChI=1S/C27H22N2O6/c30-26(34-24-15-11-22(12-16-24)32-20-7-3-1-4-8-20)28-19-29-27(31)35-25-17-13-23(14-18-25)33-21-9-5-2-6-10-21/h1-18H,19H2,(H,28,30)(H,29,31). The summed E-state index contributed by atoms with van der Waals surface area (Å²) in [7, 11) is 0. The zero-order valence-electron chi connectivity index (χ0n) is 18.5. The van der Waals surface area contributed by atoms with E-state index in [0.29, 0.717) is 34.5 Å². The van der Waals surface area contributed by atoms with Gasteiger partial charge < -0.3 is 29.6 Å². The summed E-state index contributed by atoms with van der Waals surface area (Å²) in [5.41, 5.74) is 0. The van der Waals surface area contributed by atoms with Crippen molar-refractivity contribution in [2.75, 3.05) is 6.67 Å². The number of rotatable bonds is 8. The van der Waals surface area contributed by atoms with Crippen molar-refractivity contribution in [3.63, 3.8) is 0 Å². The second-order valence-electron chi connectivity index (χ2n) is 7.08. The molecule has 35 heavy (non-hydrogen) atoms. The average Bonchev–Trinajstić information content (AvgIpc) is 2.88. The SMILES string of the molecule is O=C(NCNC(=O)Oc1ccc(Oc2ccccc2)cc1)Oc1ccc(Oc2ccccc2)cc1. The van der Waals surface area contributed by atoms with Crippen LogP contribution in [0.5, 0.6) is 34.5 Å². The van der Waals surface area contributed by atoms with E-state index >= 15 is 0 Å². The molecule has 4 aromatic rings. The highest BCUT2D eigenvalue weighted by molar-refractivity contribution is 5.73. The quantitative estimate of drug-likeness (QED) is 0.302. The predicted octanol–water partition coefficient (Wildman–Crippen LogP) is 6.11. The Morgan fingerprint density at radius 3 is 1.14 bits per heavy atom. The maximum absolute atomic E-state index is 11.9. The number of hydrogen-bond acceptors (Lipinski definition) is 6. The van der Waals surface area contributed by atoms with Crippen molar-refractivity contribution in [1.82, 2.24) is 10.6 Å². The lowest BCUT2D eigenvalue weighted by Gasteiger charge is -2.10. The molecule has 4 aromatic carbocycles. The van der Waals surface area contributed by atoms with Gasteiger partial charge in [0.15, 0.2) is 0 Å². The summed E-state index contributed by atoms with van der Waals surface area (Å²) in [5.74, 6) is 3.26. The number of hydrogen-bond donors (Lipinski definition) is 2. The Kier molecular flexibility index (Phi) is 7.79. The average molecular weight is 470 g/mol. The van der Waals surface area contributed by atoms with Crippen LogP contribution in [0.4, 0.5) is 9.59 Å². The van der Waals surface area contributed by atoms with Gasteiger partial charge in [0.05, 0.1) is 6.67 Å². The highest BCUT2D eigenvalue weighted by Gasteiger charge is 2.08. The number of para-hydroxylation sites is 2. The number of carbonyl (C=O) groups is 2. The minimum atomic E-state index is -0.732. The molecule has 4 rings (SSSR count). The molecular weight excluding hydrogens is 448 g/mol. The summed E-state index contributed by atoms with van der Waals surface area (Å²) in [6.45, 7) is -0.179. The van der Waals surface area contributed by atoms with E-state index in [2.05, 4.69) is 10.6 Å². The van der Waals surface area contributed by atoms with Gasteiger partial charge in [-0.15, -0.1) is 0 Å². The monoisotopic (exact) mass is 470 g/mol. The molecule has 8 nitrogen and oxygen atoms in total. The number of carbonyl (C=O) groups excluding carboxylic acids is 2. The maximum atomic E-state index is 11.9. The van der Waals surface area contributed by atoms with Crippen LogP contribution >= 0.6 is 0 Å². The van der Waals surface area contributed by atoms with Crippen LogP contribution in [-0.2, 0) is 0 Å². The predicted molar refractivity (Wildman–Crippen MR) is 129 cm³/mol. The molecule has 0 aromatic heterocycles. The van der Waals surface area contributed by atoms with Crippen molar-refractivity contribution in [3.05, 3.63) is 109 Å². The summed E-state index contributed by atoms with van der Waals surface area (Å²) in [6, 6.07) is 31.8. The normalized spacial score (nSPS) is 10.1. The zero-order chi connectivity index (χ0) is 24.3. The van der Waals surface area contributed by atoms with E-state index in [9.17, 15) is 9.59 Å². The molecule has 0 bridgehead atoms. The van der Waals surface area contributed by atoms with E-state index in [1.54, 1.807) is 48.5 Å². The summed E-state index contributed by atoms with van der Waals surface area (Å²) in [6.07, 6.45) is -1.46. The molecule has 0 aliphatic rings. The molecule has 0 spiro atoms. The summed E-state index contributed by atoms with van der Waals surface area (Å²) >= 11 is 0. The number of nitrogens with one attached hydrogen (secondary N) is 2. The van der Waals surface area contributed by atoms with Crippen molar-refractivity contribution in [2.24, 2.45) is 0 Å². The van der Waals surface area contributed by atoms with Crippen molar-refractivity contribution in [2.45, 2.75) is 0 Å². The topological polar surface area (TPSA) is 95.1 Å². The van der Waals surface area contributed by atoms with Crippen molar-refractivity contribution < 1.29 is 28.5 Å². The Morgan fingerprint density at radius 1 is 0.457 bits per heavy atom. The van der Waals surface area contributed by atoms with Crippen LogP contribution in [0.25, 0.3) is 0 Å². The lowest BCUT2D eigenvalue weighted by molar-refractivity contribution is 0.192. The number of amides is 2. The fourth-order valence-electron chi connectivity index (χ4n) is 2.88. The van der Waals surface area contributed by atoms with Crippen molar-refractivity contribution in [3.8, 4) is 34.5 Å². The van der Waals surface area contributed by atoms with Gasteiger partial charge >= 0.3 is 12.2 Å². The van der Waals surface area contributed by atoms with Crippen LogP contribution in [0.3, 0.4) is 0 Å². The fourth-order valence-corrected chi connectivity index (χ4v) is 2.88. The second kappa shape index (κ2) is 11.8. The van der Waals surface area contributed by atoms with Gasteiger partial charge in [0.1, 0.15) is 34.5 Å². The Bertz CT molecular complexity index is 1130. The van der Waals surface area contributed by atoms with Gasteiger partial charge in [-0.1, -0.05) is 36.4 Å². The molecule has 0 atom stereocenters. The van der Waals surface area contributed by atoms with Gasteiger partial charge in [0.25, 0.3) is 0 Å². The second-order valence-corrected chi connectivity index (χ2v) is 7.08. The third kappa shape index (κ3) is 7.54. The van der Waals surface area contributed by atoms with Gasteiger partial charge in [-0.3, -0.25) is 0 Å². The van der Waals surface area contributed by atoms with Crippen molar-refractivity contribution >= 4 is 12.2 Å². The lowest BCUT2D eigenvalue weighted by atomic mass is 10.3. The van der Waals surface area contributed by atoms with E-state index in [4.69, 9.17) is 18.9 Å². The van der Waals surface area contributed by atoms with Gasteiger partial charge in [-0.2, -0.15) is 0 Å². The largest absolute Gasteiger partial charge is 0.457 e. The van der Waals surface area contributed by atoms with Gasteiger partial charge in [0.2, 0.25) is 0 Å². The molecule has 0 saturated heterocycles. The van der Waals surface area contributed by atoms with Crippen LogP contribution < -0.4 is 29.6 Å². The van der Waals surface area contributed by atoms with Crippen LogP contribution in [-0.4, -0.2) is 18.9 Å². The summed E-state index contributed by atoms with van der Waals surface area (Å²) < 4.78 is 21.7. The third-order valence-corrected chi connectivity index (χ3v) is 4.49. The Labute approximate surface area is 202 Å². The molecule has 8 heteroatoms. The molecule has 0 aliphatic carbocycles. The van der Waals surface area contributed by atoms with E-state index in [-0.39, 0.29) is 6.67 Å². The minimum Gasteiger partial charge on any atom is -0.457 e.